The summed E-state index contributed by atoms with van der Waals surface area (Å²) in [7, 11) is 0. The van der Waals surface area contributed by atoms with Crippen LogP contribution >= 0.6 is 11.8 Å². The number of fused-ring (bicyclic) bond motifs is 1. The molecule has 0 saturated carbocycles. The lowest BCUT2D eigenvalue weighted by atomic mass is 9.87. The van der Waals surface area contributed by atoms with Crippen LogP contribution in [0, 0.1) is 0 Å². The van der Waals surface area contributed by atoms with Crippen molar-refractivity contribution in [1.29, 1.82) is 0 Å². The summed E-state index contributed by atoms with van der Waals surface area (Å²) in [6, 6.07) is 13.5. The number of benzene rings is 2. The van der Waals surface area contributed by atoms with Gasteiger partial charge in [-0.3, -0.25) is 14.7 Å². The number of thioether (sulfide) groups is 1. The number of aromatic amines is 1. The van der Waals surface area contributed by atoms with E-state index in [4.69, 9.17) is 0 Å². The molecular weight excluding hydrogens is 479 g/mol. The summed E-state index contributed by atoms with van der Waals surface area (Å²) in [6.45, 7) is 6.32. The molecule has 2 aromatic heterocycles. The van der Waals surface area contributed by atoms with Gasteiger partial charge in [-0.15, -0.1) is 0 Å². The molecule has 0 aliphatic rings. The first kappa shape index (κ1) is 24.5. The predicted octanol–water partition coefficient (Wildman–Crippen LogP) is 5.13. The van der Waals surface area contributed by atoms with Crippen molar-refractivity contribution in [1.82, 2.24) is 19.6 Å². The third-order valence-corrected chi connectivity index (χ3v) is 6.08. The van der Waals surface area contributed by atoms with Crippen molar-refractivity contribution >= 4 is 29.0 Å². The molecule has 7 nitrogen and oxygen atoms in total. The molecule has 182 valence electrons. The number of carbonyl (C=O) groups is 1. The quantitative estimate of drug-likeness (QED) is 0.370. The smallest absolute Gasteiger partial charge is 0.325 e. The number of hydrogen-bond donors (Lipinski definition) is 2. The summed E-state index contributed by atoms with van der Waals surface area (Å²) >= 11 is 1.02. The van der Waals surface area contributed by atoms with Crippen molar-refractivity contribution in [2.45, 2.75) is 37.5 Å². The van der Waals surface area contributed by atoms with Crippen LogP contribution in [0.15, 0.2) is 64.5 Å². The van der Waals surface area contributed by atoms with Gasteiger partial charge in [-0.2, -0.15) is 13.2 Å². The Bertz CT molecular complexity index is 1440. The molecular formula is C24H22F3N5O2S. The van der Waals surface area contributed by atoms with E-state index < -0.39 is 17.6 Å². The number of anilines is 1. The van der Waals surface area contributed by atoms with Gasteiger partial charge < -0.3 is 5.32 Å². The second-order valence-electron chi connectivity index (χ2n) is 8.89. The summed E-state index contributed by atoms with van der Waals surface area (Å²) in [5.41, 5.74) is 0.992. The maximum atomic E-state index is 12.9. The molecule has 0 unspecified atom stereocenters. The van der Waals surface area contributed by atoms with E-state index in [-0.39, 0.29) is 22.4 Å². The Balaban J connectivity index is 1.56. The van der Waals surface area contributed by atoms with Gasteiger partial charge in [0.1, 0.15) is 0 Å². The summed E-state index contributed by atoms with van der Waals surface area (Å²) in [5, 5.41) is 5.36. The number of H-pyrrole nitrogens is 1. The molecule has 4 rings (SSSR count). The first-order valence-electron chi connectivity index (χ1n) is 10.6. The monoisotopic (exact) mass is 501 g/mol. The Morgan fingerprint density at radius 3 is 2.40 bits per heavy atom. The minimum atomic E-state index is -4.51. The fourth-order valence-corrected chi connectivity index (χ4v) is 4.08. The Labute approximate surface area is 202 Å². The van der Waals surface area contributed by atoms with Gasteiger partial charge in [-0.1, -0.05) is 62.9 Å². The lowest BCUT2D eigenvalue weighted by molar-refractivity contribution is -0.137. The lowest BCUT2D eigenvalue weighted by Crippen LogP contribution is -2.16. The van der Waals surface area contributed by atoms with Gasteiger partial charge in [0.2, 0.25) is 5.91 Å². The first-order chi connectivity index (χ1) is 16.4. The van der Waals surface area contributed by atoms with Gasteiger partial charge in [0.15, 0.2) is 16.6 Å². The molecule has 2 N–H and O–H groups in total. The number of halogens is 3. The van der Waals surface area contributed by atoms with Gasteiger partial charge in [0.25, 0.3) is 5.56 Å². The minimum absolute atomic E-state index is 0.0225. The average Bonchev–Trinajstić information content (AvgIpc) is 3.17. The molecule has 0 fully saturated rings. The maximum Gasteiger partial charge on any atom is 0.416 e. The Morgan fingerprint density at radius 1 is 1.03 bits per heavy atom. The summed E-state index contributed by atoms with van der Waals surface area (Å²) in [4.78, 5) is 33.3. The van der Waals surface area contributed by atoms with Crippen molar-refractivity contribution < 1.29 is 18.0 Å². The number of rotatable bonds is 5. The van der Waals surface area contributed by atoms with Crippen LogP contribution in [0.1, 0.15) is 31.9 Å². The van der Waals surface area contributed by atoms with Crippen LogP contribution in [-0.4, -0.2) is 31.2 Å². The molecule has 4 aromatic rings. The van der Waals surface area contributed by atoms with E-state index in [9.17, 15) is 22.8 Å². The maximum absolute atomic E-state index is 12.9. The van der Waals surface area contributed by atoms with Crippen LogP contribution < -0.4 is 10.9 Å². The average molecular weight is 502 g/mol. The molecule has 35 heavy (non-hydrogen) atoms. The molecule has 0 spiro atoms. The Kier molecular flexibility index (Phi) is 6.46. The topological polar surface area (TPSA) is 92.2 Å². The first-order valence-corrected chi connectivity index (χ1v) is 11.6. The summed E-state index contributed by atoms with van der Waals surface area (Å²) < 4.78 is 40.1. The minimum Gasteiger partial charge on any atom is -0.325 e. The summed E-state index contributed by atoms with van der Waals surface area (Å²) in [6.07, 6.45) is -4.51. The Morgan fingerprint density at radius 2 is 1.74 bits per heavy atom. The van der Waals surface area contributed by atoms with E-state index in [0.29, 0.717) is 16.6 Å². The highest BCUT2D eigenvalue weighted by Crippen LogP contribution is 2.31. The van der Waals surface area contributed by atoms with Gasteiger partial charge in [-0.25, -0.2) is 14.5 Å². The molecule has 0 radical (unpaired) electrons. The molecule has 0 bridgehead atoms. The molecule has 2 aromatic carbocycles. The van der Waals surface area contributed by atoms with Crippen molar-refractivity contribution in [2.75, 3.05) is 11.1 Å². The van der Waals surface area contributed by atoms with E-state index in [1.807, 2.05) is 24.3 Å². The van der Waals surface area contributed by atoms with Gasteiger partial charge in [0.05, 0.1) is 11.3 Å². The van der Waals surface area contributed by atoms with Crippen LogP contribution in [-0.2, 0) is 16.4 Å². The van der Waals surface area contributed by atoms with Gasteiger partial charge in [0, 0.05) is 17.3 Å². The van der Waals surface area contributed by atoms with Crippen LogP contribution in [0.3, 0.4) is 0 Å². The molecule has 0 aliphatic heterocycles. The van der Waals surface area contributed by atoms with Gasteiger partial charge in [-0.05, 0) is 29.2 Å². The second-order valence-corrected chi connectivity index (χ2v) is 9.83. The number of alkyl halides is 3. The standard InChI is InChI=1S/C24H22F3N5O2S/c1-23(2,3)15-9-7-14(8-10-15)21-29-18-12-19(33)31-32(18)22(30-21)35-13-20(34)28-17-6-4-5-16(11-17)24(25,26)27/h4-12H,13H2,1-3H3,(H,28,34)(H,31,33). The van der Waals surface area contributed by atoms with Crippen molar-refractivity contribution in [3.05, 3.63) is 76.1 Å². The molecule has 2 heterocycles. The van der Waals surface area contributed by atoms with Crippen molar-refractivity contribution in [3.8, 4) is 11.4 Å². The Hall–Kier alpha value is -3.60. The third-order valence-electron chi connectivity index (χ3n) is 5.14. The predicted molar refractivity (Wildman–Crippen MR) is 129 cm³/mol. The van der Waals surface area contributed by atoms with E-state index in [2.05, 4.69) is 41.2 Å². The van der Waals surface area contributed by atoms with Gasteiger partial charge >= 0.3 is 6.18 Å². The molecule has 0 saturated heterocycles. The zero-order valence-corrected chi connectivity index (χ0v) is 19.9. The SMILES string of the molecule is CC(C)(C)c1ccc(-c2nc(SCC(=O)Nc3cccc(C(F)(F)F)c3)n3[nH]c(=O)cc3n2)cc1. The number of nitrogens with zero attached hydrogens (tertiary/aromatic N) is 3. The number of carbonyl (C=O) groups excluding carboxylic acids is 1. The fourth-order valence-electron chi connectivity index (χ4n) is 3.33. The number of hydrogen-bond acceptors (Lipinski definition) is 5. The highest BCUT2D eigenvalue weighted by molar-refractivity contribution is 7.99. The largest absolute Gasteiger partial charge is 0.416 e. The summed E-state index contributed by atoms with van der Waals surface area (Å²) in [5.74, 6) is -0.290. The highest BCUT2D eigenvalue weighted by atomic mass is 32.2. The molecule has 1 amide bonds. The lowest BCUT2D eigenvalue weighted by Gasteiger charge is -2.19. The van der Waals surface area contributed by atoms with Crippen LogP contribution in [0.5, 0.6) is 0 Å². The highest BCUT2D eigenvalue weighted by Gasteiger charge is 2.30. The van der Waals surface area contributed by atoms with Crippen LogP contribution in [0.25, 0.3) is 17.0 Å². The van der Waals surface area contributed by atoms with Crippen molar-refractivity contribution in [2.24, 2.45) is 0 Å². The zero-order valence-electron chi connectivity index (χ0n) is 19.1. The normalized spacial score (nSPS) is 12.2. The molecule has 11 heteroatoms. The van der Waals surface area contributed by atoms with Crippen LogP contribution in [0.4, 0.5) is 18.9 Å². The van der Waals surface area contributed by atoms with Crippen LogP contribution in [0.2, 0.25) is 0 Å². The van der Waals surface area contributed by atoms with E-state index >= 15 is 0 Å². The number of aromatic nitrogens is 4. The molecule has 0 aliphatic carbocycles. The molecule has 0 atom stereocenters. The number of nitrogens with one attached hydrogen (secondary N) is 2. The van der Waals surface area contributed by atoms with E-state index in [1.165, 1.54) is 22.7 Å². The van der Waals surface area contributed by atoms with E-state index in [0.717, 1.165) is 35.0 Å². The second kappa shape index (κ2) is 9.21. The third kappa shape index (κ3) is 5.73. The fraction of sp³-hybridized carbons (Fsp3) is 0.250. The van der Waals surface area contributed by atoms with Crippen molar-refractivity contribution in [3.63, 3.8) is 0 Å². The van der Waals surface area contributed by atoms with E-state index in [1.54, 1.807) is 0 Å². The number of amides is 1. The zero-order chi connectivity index (χ0) is 25.4.